The van der Waals surface area contributed by atoms with Crippen LogP contribution in [0.25, 0.3) is 0 Å². The fourth-order valence-electron chi connectivity index (χ4n) is 5.97. The van der Waals surface area contributed by atoms with E-state index < -0.39 is 0 Å². The van der Waals surface area contributed by atoms with Crippen LogP contribution in [0.3, 0.4) is 0 Å². The maximum atomic E-state index is 10.6. The molecule has 3 nitrogen and oxygen atoms in total. The molecule has 2 aliphatic rings. The predicted molar refractivity (Wildman–Crippen MR) is 102 cm³/mol. The van der Waals surface area contributed by atoms with E-state index in [-0.39, 0.29) is 16.9 Å². The third-order valence-corrected chi connectivity index (χ3v) is 6.78. The van der Waals surface area contributed by atoms with E-state index in [9.17, 15) is 5.11 Å². The summed E-state index contributed by atoms with van der Waals surface area (Å²) in [5.41, 5.74) is 3.92. The summed E-state index contributed by atoms with van der Waals surface area (Å²) in [4.78, 5) is 0. The zero-order valence-corrected chi connectivity index (χ0v) is 16.9. The normalized spacial score (nSPS) is 30.6. The van der Waals surface area contributed by atoms with Gasteiger partial charge in [-0.2, -0.15) is 0 Å². The maximum Gasteiger partial charge on any atom is 0.165 e. The Bertz CT molecular complexity index is 662. The molecule has 0 heterocycles. The van der Waals surface area contributed by atoms with Crippen LogP contribution in [0.5, 0.6) is 11.5 Å². The van der Waals surface area contributed by atoms with Gasteiger partial charge in [0.1, 0.15) is 0 Å². The molecule has 1 fully saturated rings. The van der Waals surface area contributed by atoms with Gasteiger partial charge in [-0.1, -0.05) is 40.7 Å². The minimum atomic E-state index is -0.261. The van der Waals surface area contributed by atoms with Crippen molar-refractivity contribution in [3.05, 3.63) is 22.8 Å². The summed E-state index contributed by atoms with van der Waals surface area (Å²) in [6.45, 7) is 11.4. The molecular weight excluding hydrogens is 312 g/mol. The highest BCUT2D eigenvalue weighted by Gasteiger charge is 2.54. The fourth-order valence-corrected chi connectivity index (χ4v) is 5.97. The third-order valence-electron chi connectivity index (χ3n) is 6.78. The number of hydrogen-bond acceptors (Lipinski definition) is 3. The van der Waals surface area contributed by atoms with E-state index in [4.69, 9.17) is 9.47 Å². The van der Waals surface area contributed by atoms with Crippen LogP contribution in [-0.4, -0.2) is 25.4 Å². The van der Waals surface area contributed by atoms with Crippen LogP contribution in [0.2, 0.25) is 0 Å². The zero-order chi connectivity index (χ0) is 18.6. The van der Waals surface area contributed by atoms with E-state index >= 15 is 0 Å². The Morgan fingerprint density at radius 1 is 1.08 bits per heavy atom. The molecule has 1 unspecified atom stereocenters. The van der Waals surface area contributed by atoms with E-state index in [0.29, 0.717) is 11.8 Å². The second kappa shape index (κ2) is 6.19. The van der Waals surface area contributed by atoms with E-state index in [2.05, 4.69) is 40.7 Å². The lowest BCUT2D eigenvalue weighted by Gasteiger charge is -2.56. The van der Waals surface area contributed by atoms with Gasteiger partial charge in [0, 0.05) is 16.5 Å². The average Bonchev–Trinajstić information content (AvgIpc) is 2.50. The molecule has 0 amide bonds. The monoisotopic (exact) mass is 346 g/mol. The lowest BCUT2D eigenvalue weighted by atomic mass is 9.49. The number of ether oxygens (including phenoxy) is 2. The van der Waals surface area contributed by atoms with Crippen molar-refractivity contribution in [3.8, 4) is 11.5 Å². The summed E-state index contributed by atoms with van der Waals surface area (Å²) < 4.78 is 11.7. The van der Waals surface area contributed by atoms with Gasteiger partial charge >= 0.3 is 0 Å². The van der Waals surface area contributed by atoms with Crippen molar-refractivity contribution in [3.63, 3.8) is 0 Å². The van der Waals surface area contributed by atoms with E-state index in [1.165, 1.54) is 23.1 Å². The molecule has 140 valence electrons. The van der Waals surface area contributed by atoms with Gasteiger partial charge in [-0.25, -0.2) is 0 Å². The van der Waals surface area contributed by atoms with Crippen molar-refractivity contribution in [1.29, 1.82) is 0 Å². The predicted octanol–water partition coefficient (Wildman–Crippen LogP) is 4.83. The molecule has 1 aromatic rings. The maximum absolute atomic E-state index is 10.6. The second-order valence-electron chi connectivity index (χ2n) is 9.28. The van der Waals surface area contributed by atoms with Crippen LogP contribution in [0.4, 0.5) is 0 Å². The Balaban J connectivity index is 2.27. The minimum Gasteiger partial charge on any atom is -0.493 e. The first-order valence-electron chi connectivity index (χ1n) is 9.62. The molecule has 0 bridgehead atoms. The van der Waals surface area contributed by atoms with Crippen molar-refractivity contribution >= 4 is 0 Å². The number of aliphatic hydroxyl groups is 1. The second-order valence-corrected chi connectivity index (χ2v) is 9.28. The first kappa shape index (κ1) is 18.6. The van der Waals surface area contributed by atoms with E-state index in [0.717, 1.165) is 30.8 Å². The molecule has 0 saturated heterocycles. The van der Waals surface area contributed by atoms with Gasteiger partial charge < -0.3 is 14.6 Å². The summed E-state index contributed by atoms with van der Waals surface area (Å²) in [7, 11) is 3.48. The number of aryl methyl sites for hydroxylation is 1. The molecule has 1 N–H and O–H groups in total. The Kier molecular flexibility index (Phi) is 4.60. The minimum absolute atomic E-state index is 0.0805. The summed E-state index contributed by atoms with van der Waals surface area (Å²) in [6.07, 6.45) is 3.68. The van der Waals surface area contributed by atoms with Crippen LogP contribution < -0.4 is 9.47 Å². The lowest BCUT2D eigenvalue weighted by Crippen LogP contribution is -2.52. The largest absolute Gasteiger partial charge is 0.493 e. The van der Waals surface area contributed by atoms with Gasteiger partial charge in [0.25, 0.3) is 0 Å². The Morgan fingerprint density at radius 2 is 1.72 bits per heavy atom. The Labute approximate surface area is 152 Å². The Morgan fingerprint density at radius 3 is 2.28 bits per heavy atom. The van der Waals surface area contributed by atoms with E-state index in [1.54, 1.807) is 14.2 Å². The highest BCUT2D eigenvalue weighted by molar-refractivity contribution is 5.60. The summed E-state index contributed by atoms with van der Waals surface area (Å²) in [5.74, 6) is 2.68. The number of benzene rings is 1. The molecule has 1 saturated carbocycles. The SMILES string of the molecule is COc1c(C(C)C)cc2c(c1OC)[C@@]1(C)C[C@@H](O)CC(C)(C)C1CC2. The summed E-state index contributed by atoms with van der Waals surface area (Å²) in [6, 6.07) is 2.33. The van der Waals surface area contributed by atoms with Gasteiger partial charge in [0.15, 0.2) is 11.5 Å². The first-order chi connectivity index (χ1) is 11.7. The van der Waals surface area contributed by atoms with Crippen LogP contribution >= 0.6 is 0 Å². The molecule has 0 aliphatic heterocycles. The van der Waals surface area contributed by atoms with Crippen LogP contribution in [0, 0.1) is 11.3 Å². The molecule has 0 aromatic heterocycles. The van der Waals surface area contributed by atoms with Crippen LogP contribution in [0.15, 0.2) is 6.07 Å². The lowest BCUT2D eigenvalue weighted by molar-refractivity contribution is -0.0392. The summed E-state index contributed by atoms with van der Waals surface area (Å²) >= 11 is 0. The van der Waals surface area contributed by atoms with Crippen molar-refractivity contribution < 1.29 is 14.6 Å². The van der Waals surface area contributed by atoms with Gasteiger partial charge in [-0.05, 0) is 48.5 Å². The molecule has 25 heavy (non-hydrogen) atoms. The fraction of sp³-hybridized carbons (Fsp3) is 0.727. The van der Waals surface area contributed by atoms with Crippen LogP contribution in [0.1, 0.15) is 76.5 Å². The topological polar surface area (TPSA) is 38.7 Å². The molecule has 2 aliphatic carbocycles. The van der Waals surface area contributed by atoms with Crippen LogP contribution in [-0.2, 0) is 11.8 Å². The number of rotatable bonds is 3. The summed E-state index contributed by atoms with van der Waals surface area (Å²) in [5, 5.41) is 10.6. The van der Waals surface area contributed by atoms with Gasteiger partial charge in [-0.3, -0.25) is 0 Å². The number of hydrogen-bond donors (Lipinski definition) is 1. The third kappa shape index (κ3) is 2.75. The van der Waals surface area contributed by atoms with Crippen molar-refractivity contribution in [2.24, 2.45) is 11.3 Å². The molecule has 0 spiro atoms. The highest BCUT2D eigenvalue weighted by Crippen LogP contribution is 2.60. The van der Waals surface area contributed by atoms with Gasteiger partial charge in [-0.15, -0.1) is 0 Å². The molecule has 0 radical (unpaired) electrons. The quantitative estimate of drug-likeness (QED) is 0.852. The first-order valence-corrected chi connectivity index (χ1v) is 9.62. The number of aliphatic hydroxyl groups excluding tert-OH is 1. The smallest absolute Gasteiger partial charge is 0.165 e. The van der Waals surface area contributed by atoms with Crippen molar-refractivity contribution in [1.82, 2.24) is 0 Å². The molecular formula is C22H34O3. The van der Waals surface area contributed by atoms with E-state index in [1.807, 2.05) is 0 Å². The highest BCUT2D eigenvalue weighted by atomic mass is 16.5. The standard InChI is InChI=1S/C22H34O3/c1-13(2)16-10-14-8-9-17-21(3,4)11-15(23)12-22(17,5)18(14)20(25-7)19(16)24-6/h10,13,15,17,23H,8-9,11-12H2,1-7H3/t15-,17?,22-/m0/s1. The molecule has 3 rings (SSSR count). The molecule has 3 heteroatoms. The van der Waals surface area contributed by atoms with Gasteiger partial charge in [0.05, 0.1) is 20.3 Å². The average molecular weight is 347 g/mol. The van der Waals surface area contributed by atoms with Crippen molar-refractivity contribution in [2.75, 3.05) is 14.2 Å². The number of fused-ring (bicyclic) bond motifs is 3. The van der Waals surface area contributed by atoms with Crippen molar-refractivity contribution in [2.45, 2.75) is 77.7 Å². The zero-order valence-electron chi connectivity index (χ0n) is 16.9. The molecule has 3 atom stereocenters. The Hall–Kier alpha value is -1.22. The van der Waals surface area contributed by atoms with Gasteiger partial charge in [0.2, 0.25) is 0 Å². The molecule has 1 aromatic carbocycles. The number of methoxy groups -OCH3 is 2.